The molecule has 0 amide bonds. The van der Waals surface area contributed by atoms with Gasteiger partial charge in [-0.05, 0) is 48.2 Å². The van der Waals surface area contributed by atoms with Gasteiger partial charge in [0.05, 0.1) is 37.3 Å². The highest BCUT2D eigenvalue weighted by Gasteiger charge is 2.30. The number of ether oxygens (including phenoxy) is 2. The Morgan fingerprint density at radius 3 is 2.71 bits per heavy atom. The number of aryl methyl sites for hydroxylation is 1. The zero-order valence-corrected chi connectivity index (χ0v) is 27.2. The summed E-state index contributed by atoms with van der Waals surface area (Å²) in [6, 6.07) is 11.3. The lowest BCUT2D eigenvalue weighted by molar-refractivity contribution is -0.143. The topological polar surface area (TPSA) is 106 Å². The van der Waals surface area contributed by atoms with Gasteiger partial charge in [-0.15, -0.1) is 0 Å². The van der Waals surface area contributed by atoms with Crippen LogP contribution in [0.2, 0.25) is 5.02 Å². The van der Waals surface area contributed by atoms with Crippen LogP contribution in [0, 0.1) is 11.8 Å². The van der Waals surface area contributed by atoms with Crippen LogP contribution in [0.1, 0.15) is 39.9 Å². The highest BCUT2D eigenvalue weighted by molar-refractivity contribution is 7.88. The molecule has 1 fully saturated rings. The van der Waals surface area contributed by atoms with Crippen molar-refractivity contribution < 1.29 is 22.7 Å². The van der Waals surface area contributed by atoms with E-state index in [2.05, 4.69) is 26.7 Å². The molecule has 238 valence electrons. The molecule has 2 aromatic carbocycles. The Morgan fingerprint density at radius 2 is 1.93 bits per heavy atom. The third kappa shape index (κ3) is 7.27. The molecule has 1 atom stereocenters. The quantitative estimate of drug-likeness (QED) is 0.307. The first-order chi connectivity index (χ1) is 21.7. The fourth-order valence-corrected chi connectivity index (χ4v) is 7.19. The van der Waals surface area contributed by atoms with Crippen LogP contribution in [0.15, 0.2) is 36.4 Å². The number of carbonyl (C=O) groups is 1. The molecule has 0 radical (unpaired) electrons. The molecule has 1 unspecified atom stereocenters. The van der Waals surface area contributed by atoms with Gasteiger partial charge >= 0.3 is 5.97 Å². The van der Waals surface area contributed by atoms with Crippen LogP contribution in [-0.4, -0.2) is 92.2 Å². The summed E-state index contributed by atoms with van der Waals surface area (Å²) >= 11 is 6.62. The first kappa shape index (κ1) is 31.7. The normalized spacial score (nSPS) is 18.9. The van der Waals surface area contributed by atoms with Crippen molar-refractivity contribution in [2.75, 3.05) is 52.8 Å². The van der Waals surface area contributed by atoms with E-state index >= 15 is 0 Å². The summed E-state index contributed by atoms with van der Waals surface area (Å²) in [6.07, 6.45) is 3.35. The van der Waals surface area contributed by atoms with Crippen molar-refractivity contribution in [2.45, 2.75) is 44.9 Å². The number of nitrogens with one attached hydrogen (secondary N) is 1. The van der Waals surface area contributed by atoms with Gasteiger partial charge in [-0.2, -0.15) is 9.40 Å². The average molecular weight is 652 g/mol. The second-order valence-electron chi connectivity index (χ2n) is 11.7. The summed E-state index contributed by atoms with van der Waals surface area (Å²) in [7, 11) is -1.96. The standard InChI is InChI=1S/C33H38ClN5O5S/c1-43-33(40)30-20-27-18-23(5-7-26(27)21-35-30)4-6-24-19-25(8-9-29(24)34)32-28-22-38(45(2,41)42)13-10-31(28)39(36-32)12-3-11-37-14-16-44-17-15-37/h5,7-9,18-19,30,35H,3,10-17,20-22H2,1-2H3. The van der Waals surface area contributed by atoms with Gasteiger partial charge in [0, 0.05) is 80.2 Å². The molecule has 0 saturated carbocycles. The summed E-state index contributed by atoms with van der Waals surface area (Å²) in [5.74, 6) is 6.20. The number of hydrogen-bond donors (Lipinski definition) is 1. The van der Waals surface area contributed by atoms with Gasteiger partial charge in [0.2, 0.25) is 10.0 Å². The van der Waals surface area contributed by atoms with Crippen molar-refractivity contribution >= 4 is 27.6 Å². The number of morpholine rings is 1. The molecular formula is C33H38ClN5O5S. The minimum atomic E-state index is -3.36. The number of hydrogen-bond acceptors (Lipinski definition) is 8. The Labute approximate surface area is 269 Å². The maximum Gasteiger partial charge on any atom is 0.323 e. The van der Waals surface area contributed by atoms with Crippen molar-refractivity contribution in [3.8, 4) is 23.1 Å². The third-order valence-electron chi connectivity index (χ3n) is 8.75. The lowest BCUT2D eigenvalue weighted by atomic mass is 9.94. The summed E-state index contributed by atoms with van der Waals surface area (Å²) in [5.41, 5.74) is 7.32. The second kappa shape index (κ2) is 13.6. The number of esters is 1. The van der Waals surface area contributed by atoms with Gasteiger partial charge in [0.1, 0.15) is 6.04 Å². The Bertz CT molecular complexity index is 1760. The fourth-order valence-electron chi connectivity index (χ4n) is 6.24. The van der Waals surface area contributed by atoms with Gasteiger partial charge in [0.25, 0.3) is 0 Å². The van der Waals surface area contributed by atoms with E-state index < -0.39 is 10.0 Å². The van der Waals surface area contributed by atoms with Crippen LogP contribution in [0.5, 0.6) is 0 Å². The van der Waals surface area contributed by atoms with Crippen LogP contribution >= 0.6 is 11.6 Å². The Hall–Kier alpha value is -3.24. The first-order valence-electron chi connectivity index (χ1n) is 15.3. The van der Waals surface area contributed by atoms with Crippen LogP contribution in [-0.2, 0) is 56.8 Å². The number of nitrogens with zero attached hydrogens (tertiary/aromatic N) is 4. The average Bonchev–Trinajstić information content (AvgIpc) is 3.41. The molecule has 0 bridgehead atoms. The van der Waals surface area contributed by atoms with Crippen molar-refractivity contribution in [3.63, 3.8) is 0 Å². The highest BCUT2D eigenvalue weighted by Crippen LogP contribution is 2.33. The number of halogens is 1. The molecule has 0 spiro atoms. The molecule has 12 heteroatoms. The molecule has 1 N–H and O–H groups in total. The van der Waals surface area contributed by atoms with Crippen molar-refractivity contribution in [1.29, 1.82) is 0 Å². The Morgan fingerprint density at radius 1 is 1.11 bits per heavy atom. The minimum absolute atomic E-state index is 0.276. The zero-order chi connectivity index (χ0) is 31.6. The van der Waals surface area contributed by atoms with E-state index in [4.69, 9.17) is 26.2 Å². The predicted octanol–water partition coefficient (Wildman–Crippen LogP) is 2.83. The fraction of sp³-hybridized carbons (Fsp3) is 0.455. The number of benzene rings is 2. The van der Waals surface area contributed by atoms with Crippen molar-refractivity contribution in [2.24, 2.45) is 0 Å². The number of aromatic nitrogens is 2. The van der Waals surface area contributed by atoms with Gasteiger partial charge < -0.3 is 14.8 Å². The van der Waals surface area contributed by atoms with Crippen molar-refractivity contribution in [1.82, 2.24) is 24.3 Å². The monoisotopic (exact) mass is 651 g/mol. The number of sulfonamides is 1. The van der Waals surface area contributed by atoms with Crippen molar-refractivity contribution in [3.05, 3.63) is 74.9 Å². The molecule has 10 nitrogen and oxygen atoms in total. The Kier molecular flexibility index (Phi) is 9.61. The van der Waals surface area contributed by atoms with E-state index in [9.17, 15) is 13.2 Å². The van der Waals surface area contributed by atoms with Gasteiger partial charge in [-0.25, -0.2) is 8.42 Å². The molecule has 1 saturated heterocycles. The molecule has 3 aliphatic rings. The molecule has 0 aliphatic carbocycles. The summed E-state index contributed by atoms with van der Waals surface area (Å²) in [5, 5.41) is 8.78. The van der Waals surface area contributed by atoms with Crippen LogP contribution in [0.3, 0.4) is 0 Å². The molecule has 1 aromatic heterocycles. The summed E-state index contributed by atoms with van der Waals surface area (Å²) in [6.45, 7) is 6.46. The largest absolute Gasteiger partial charge is 0.468 e. The SMILES string of the molecule is COC(=O)C1Cc2cc(C#Cc3cc(-c4nn(CCCN5CCOCC5)c5c4CN(S(C)(=O)=O)CC5)ccc3Cl)ccc2CN1. The summed E-state index contributed by atoms with van der Waals surface area (Å²) in [4.78, 5) is 14.5. The first-order valence-corrected chi connectivity index (χ1v) is 17.5. The van der Waals surface area contributed by atoms with E-state index in [0.29, 0.717) is 36.5 Å². The third-order valence-corrected chi connectivity index (χ3v) is 10.3. The molecule has 3 aromatic rings. The van der Waals surface area contributed by atoms with Crippen LogP contribution in [0.25, 0.3) is 11.3 Å². The highest BCUT2D eigenvalue weighted by atomic mass is 35.5. The lowest BCUT2D eigenvalue weighted by Gasteiger charge is -2.27. The number of carbonyl (C=O) groups excluding carboxylic acids is 1. The van der Waals surface area contributed by atoms with E-state index in [1.54, 1.807) is 0 Å². The number of rotatable bonds is 7. The van der Waals surface area contributed by atoms with Gasteiger partial charge in [0.15, 0.2) is 0 Å². The molecule has 6 rings (SSSR count). The molecule has 4 heterocycles. The van der Waals surface area contributed by atoms with Gasteiger partial charge in [-0.3, -0.25) is 14.4 Å². The zero-order valence-electron chi connectivity index (χ0n) is 25.6. The van der Waals surface area contributed by atoms with E-state index in [-0.39, 0.29) is 18.6 Å². The van der Waals surface area contributed by atoms with Crippen LogP contribution in [0.4, 0.5) is 0 Å². The molecule has 45 heavy (non-hydrogen) atoms. The van der Waals surface area contributed by atoms with E-state index in [0.717, 1.165) is 85.0 Å². The lowest BCUT2D eigenvalue weighted by Crippen LogP contribution is -2.42. The maximum absolute atomic E-state index is 12.5. The van der Waals surface area contributed by atoms with E-state index in [1.807, 2.05) is 36.4 Å². The minimum Gasteiger partial charge on any atom is -0.468 e. The number of methoxy groups -OCH3 is 1. The maximum atomic E-state index is 12.5. The van der Waals surface area contributed by atoms with Crippen LogP contribution < -0.4 is 5.32 Å². The second-order valence-corrected chi connectivity index (χ2v) is 14.1. The molecular weight excluding hydrogens is 614 g/mol. The Balaban J connectivity index is 1.27. The summed E-state index contributed by atoms with van der Waals surface area (Å²) < 4.78 is 39.0. The van der Waals surface area contributed by atoms with E-state index in [1.165, 1.54) is 17.7 Å². The predicted molar refractivity (Wildman–Crippen MR) is 172 cm³/mol. The smallest absolute Gasteiger partial charge is 0.323 e. The van der Waals surface area contributed by atoms with Gasteiger partial charge in [-0.1, -0.05) is 35.6 Å². The molecule has 3 aliphatic heterocycles. The number of fused-ring (bicyclic) bond motifs is 2.